The topological polar surface area (TPSA) is 111 Å². The molecule has 9 heteroatoms. The van der Waals surface area contributed by atoms with Gasteiger partial charge in [-0.2, -0.15) is 0 Å². The van der Waals surface area contributed by atoms with E-state index in [9.17, 15) is 4.79 Å². The van der Waals surface area contributed by atoms with Gasteiger partial charge < -0.3 is 24.1 Å². The maximum atomic E-state index is 14.3. The molecule has 0 saturated carbocycles. The fourth-order valence-corrected chi connectivity index (χ4v) is 5.21. The number of hydrogen-bond acceptors (Lipinski definition) is 8. The zero-order valence-corrected chi connectivity index (χ0v) is 26.0. The molecule has 0 fully saturated rings. The first-order valence-corrected chi connectivity index (χ1v) is 15.2. The van der Waals surface area contributed by atoms with Crippen molar-refractivity contribution in [1.29, 1.82) is 0 Å². The largest absolute Gasteiger partial charge is 0.497 e. The summed E-state index contributed by atoms with van der Waals surface area (Å²) in [7, 11) is 3.19. The molecule has 1 aliphatic heterocycles. The first-order valence-electron chi connectivity index (χ1n) is 15.2. The Morgan fingerprint density at radius 3 is 2.35 bits per heavy atom. The van der Waals surface area contributed by atoms with Crippen LogP contribution in [0.5, 0.6) is 17.2 Å². The number of methoxy groups -OCH3 is 2. The van der Waals surface area contributed by atoms with Crippen molar-refractivity contribution in [1.82, 2.24) is 10.9 Å². The van der Waals surface area contributed by atoms with E-state index in [0.29, 0.717) is 48.3 Å². The zero-order valence-electron chi connectivity index (χ0n) is 26.0. The molecule has 0 aliphatic carbocycles. The van der Waals surface area contributed by atoms with Crippen LogP contribution in [0.2, 0.25) is 0 Å². The van der Waals surface area contributed by atoms with E-state index < -0.39 is 11.6 Å². The number of nitrogens with zero attached hydrogens (tertiary/aromatic N) is 1. The Balaban J connectivity index is 1.46. The molecule has 0 bridgehead atoms. The van der Waals surface area contributed by atoms with Gasteiger partial charge >= 0.3 is 0 Å². The van der Waals surface area contributed by atoms with Gasteiger partial charge in [-0.1, -0.05) is 78.9 Å². The van der Waals surface area contributed by atoms with E-state index in [1.54, 1.807) is 20.3 Å². The highest BCUT2D eigenvalue weighted by atomic mass is 16.5. The number of aliphatic imine (C=N–C) groups is 1. The number of benzene rings is 4. The molecule has 1 amide bonds. The van der Waals surface area contributed by atoms with Gasteiger partial charge in [-0.3, -0.25) is 10.2 Å². The fraction of sp³-hybridized carbons (Fsp3) is 0.243. The predicted octanol–water partition coefficient (Wildman–Crippen LogP) is 5.65. The quantitative estimate of drug-likeness (QED) is 0.116. The maximum absolute atomic E-state index is 14.3. The lowest BCUT2D eigenvalue weighted by atomic mass is 9.84. The summed E-state index contributed by atoms with van der Waals surface area (Å²) in [5.74, 6) is 2.00. The molecule has 4 aromatic carbocycles. The Labute approximate surface area is 269 Å². The number of aliphatic hydroxyl groups is 1. The summed E-state index contributed by atoms with van der Waals surface area (Å²) in [6, 6.07) is 32.5. The van der Waals surface area contributed by atoms with E-state index in [1.165, 1.54) is 0 Å². The number of amides is 1. The number of aliphatic hydroxyl groups excluding tert-OH is 1. The molecule has 0 aromatic heterocycles. The molecule has 2 atom stereocenters. The molecule has 4 aromatic rings. The van der Waals surface area contributed by atoms with E-state index in [1.807, 2.05) is 109 Å². The van der Waals surface area contributed by atoms with E-state index in [-0.39, 0.29) is 18.9 Å². The minimum absolute atomic E-state index is 0.0645. The Hall–Kier alpha value is -5.12. The molecule has 3 N–H and O–H groups in total. The van der Waals surface area contributed by atoms with E-state index in [2.05, 4.69) is 10.9 Å². The molecule has 46 heavy (non-hydrogen) atoms. The number of hydrazine groups is 1. The molecule has 1 heterocycles. The normalized spacial score (nSPS) is 17.3. The third-order valence-electron chi connectivity index (χ3n) is 7.65. The van der Waals surface area contributed by atoms with Crippen molar-refractivity contribution in [3.63, 3.8) is 0 Å². The lowest BCUT2D eigenvalue weighted by molar-refractivity contribution is -0.129. The summed E-state index contributed by atoms with van der Waals surface area (Å²) < 4.78 is 23.1. The second kappa shape index (κ2) is 15.7. The highest BCUT2D eigenvalue weighted by molar-refractivity contribution is 6.01. The number of carbonyl (C=O) groups excluding carboxylic acids is 1. The highest BCUT2D eigenvalue weighted by Gasteiger charge is 2.52. The van der Waals surface area contributed by atoms with Crippen LogP contribution in [0, 0.1) is 0 Å². The number of carbonyl (C=O) groups is 1. The molecule has 5 rings (SSSR count). The summed E-state index contributed by atoms with van der Waals surface area (Å²) in [5.41, 5.74) is 8.05. The van der Waals surface area contributed by atoms with Crippen molar-refractivity contribution < 1.29 is 28.8 Å². The summed E-state index contributed by atoms with van der Waals surface area (Å²) in [5, 5.41) is 9.06. The minimum atomic E-state index is -1.34. The fourth-order valence-electron chi connectivity index (χ4n) is 5.21. The van der Waals surface area contributed by atoms with Crippen molar-refractivity contribution in [3.8, 4) is 17.2 Å². The van der Waals surface area contributed by atoms with Crippen LogP contribution in [0.3, 0.4) is 0 Å². The molecular formula is C37H39N3O6. The monoisotopic (exact) mass is 621 g/mol. The first-order chi connectivity index (χ1) is 22.6. The van der Waals surface area contributed by atoms with Crippen molar-refractivity contribution in [3.05, 3.63) is 131 Å². The summed E-state index contributed by atoms with van der Waals surface area (Å²) in [4.78, 5) is 19.4. The second-order valence-corrected chi connectivity index (χ2v) is 10.7. The van der Waals surface area contributed by atoms with Gasteiger partial charge in [0.15, 0.2) is 11.6 Å². The summed E-state index contributed by atoms with van der Waals surface area (Å²) in [6.07, 6.45) is 4.06. The van der Waals surface area contributed by atoms with E-state index in [4.69, 9.17) is 29.0 Å². The Bertz CT molecular complexity index is 1630. The molecule has 1 aliphatic rings. The smallest absolute Gasteiger partial charge is 0.266 e. The number of nitrogens with one attached hydrogen (secondary N) is 2. The second-order valence-electron chi connectivity index (χ2n) is 10.7. The lowest BCUT2D eigenvalue weighted by Crippen LogP contribution is -2.52. The molecule has 9 nitrogen and oxygen atoms in total. The molecule has 0 radical (unpaired) electrons. The summed E-state index contributed by atoms with van der Waals surface area (Å²) in [6.45, 7) is 0.783. The Morgan fingerprint density at radius 2 is 1.65 bits per heavy atom. The van der Waals surface area contributed by atoms with Crippen LogP contribution in [-0.4, -0.2) is 49.9 Å². The highest BCUT2D eigenvalue weighted by Crippen LogP contribution is 2.43. The van der Waals surface area contributed by atoms with E-state index >= 15 is 0 Å². The standard InChI is InChI=1S/C37H39N3O6/c1-43-32-21-18-30(33(25-32)44-2)26-38-40-36(42)37(22-9-13-27-11-5-3-6-12-27)34(28-14-7-4-8-15-28)46-35(39-37)29-16-19-31(20-17-29)45-24-10-23-41/h3-9,11-21,25,34,38,41H,10,22-24,26H2,1-2H3,(H,40,42)/b13-9+/t34-,37-/m0/s1. The van der Waals surface area contributed by atoms with Crippen molar-refractivity contribution in [2.24, 2.45) is 4.99 Å². The Morgan fingerprint density at radius 1 is 0.935 bits per heavy atom. The number of ether oxygens (including phenoxy) is 4. The van der Waals surface area contributed by atoms with Gasteiger partial charge in [0, 0.05) is 43.2 Å². The van der Waals surface area contributed by atoms with Crippen LogP contribution in [-0.2, 0) is 16.1 Å². The van der Waals surface area contributed by atoms with Gasteiger partial charge in [0.2, 0.25) is 5.90 Å². The maximum Gasteiger partial charge on any atom is 0.266 e. The van der Waals surface area contributed by atoms with Gasteiger partial charge in [0.25, 0.3) is 5.91 Å². The Kier molecular flexibility index (Phi) is 11.0. The predicted molar refractivity (Wildman–Crippen MR) is 178 cm³/mol. The minimum Gasteiger partial charge on any atom is -0.497 e. The van der Waals surface area contributed by atoms with Gasteiger partial charge in [-0.25, -0.2) is 10.4 Å². The van der Waals surface area contributed by atoms with Crippen LogP contribution >= 0.6 is 0 Å². The van der Waals surface area contributed by atoms with Gasteiger partial charge in [-0.15, -0.1) is 0 Å². The molecule has 0 unspecified atom stereocenters. The molecule has 238 valence electrons. The first kappa shape index (κ1) is 32.3. The van der Waals surface area contributed by atoms with Crippen molar-refractivity contribution in [2.45, 2.75) is 31.0 Å². The van der Waals surface area contributed by atoms with Gasteiger partial charge in [0.1, 0.15) is 17.2 Å². The van der Waals surface area contributed by atoms with Gasteiger partial charge in [-0.05, 0) is 41.5 Å². The van der Waals surface area contributed by atoms with Crippen LogP contribution < -0.4 is 25.1 Å². The SMILES string of the molecule is COc1ccc(CNNC(=O)[C@@]2(C/C=C/c3ccccc3)N=C(c3ccc(OCCCO)cc3)O[C@H]2c2ccccc2)c(OC)c1. The van der Waals surface area contributed by atoms with Crippen LogP contribution in [0.4, 0.5) is 0 Å². The third kappa shape index (κ3) is 7.74. The van der Waals surface area contributed by atoms with Gasteiger partial charge in [0.05, 0.1) is 20.8 Å². The van der Waals surface area contributed by atoms with E-state index in [0.717, 1.165) is 16.7 Å². The van der Waals surface area contributed by atoms with Crippen molar-refractivity contribution >= 4 is 17.9 Å². The van der Waals surface area contributed by atoms with Crippen LogP contribution in [0.1, 0.15) is 41.2 Å². The average molecular weight is 622 g/mol. The third-order valence-corrected chi connectivity index (χ3v) is 7.65. The molecule has 0 saturated heterocycles. The molecular weight excluding hydrogens is 582 g/mol. The molecule has 0 spiro atoms. The lowest BCUT2D eigenvalue weighted by Gasteiger charge is -2.30. The average Bonchev–Trinajstić information content (AvgIpc) is 3.50. The van der Waals surface area contributed by atoms with Crippen LogP contribution in [0.25, 0.3) is 6.08 Å². The summed E-state index contributed by atoms with van der Waals surface area (Å²) >= 11 is 0. The number of rotatable bonds is 15. The van der Waals surface area contributed by atoms with Crippen molar-refractivity contribution in [2.75, 3.05) is 27.4 Å². The van der Waals surface area contributed by atoms with Crippen LogP contribution in [0.15, 0.2) is 114 Å². The zero-order chi connectivity index (χ0) is 32.2. The number of hydrogen-bond donors (Lipinski definition) is 3.